The molecule has 3 rings (SSSR count). The summed E-state index contributed by atoms with van der Waals surface area (Å²) in [4.78, 5) is 25.6. The molecule has 25 heavy (non-hydrogen) atoms. The molecule has 1 amide bonds. The minimum absolute atomic E-state index is 0.0206. The Hall–Kier alpha value is -2.04. The van der Waals surface area contributed by atoms with Crippen LogP contribution < -0.4 is 0 Å². The van der Waals surface area contributed by atoms with Crippen LogP contribution in [0.4, 0.5) is 4.79 Å². The molecule has 5 heteroatoms. The van der Waals surface area contributed by atoms with Crippen LogP contribution >= 0.6 is 0 Å². The molecule has 1 saturated heterocycles. The van der Waals surface area contributed by atoms with Crippen LogP contribution in [0.3, 0.4) is 0 Å². The molecule has 1 aliphatic carbocycles. The number of carboxylic acids is 1. The van der Waals surface area contributed by atoms with Crippen molar-refractivity contribution < 1.29 is 19.4 Å². The van der Waals surface area contributed by atoms with Gasteiger partial charge in [-0.1, -0.05) is 24.3 Å². The molecule has 1 spiro atoms. The Morgan fingerprint density at radius 3 is 2.72 bits per heavy atom. The minimum Gasteiger partial charge on any atom is -0.481 e. The van der Waals surface area contributed by atoms with Crippen molar-refractivity contribution >= 4 is 12.1 Å². The van der Waals surface area contributed by atoms with Gasteiger partial charge in [-0.3, -0.25) is 4.79 Å². The number of carbonyl (C=O) groups excluding carboxylic acids is 1. The fourth-order valence-corrected chi connectivity index (χ4v) is 4.42. The summed E-state index contributed by atoms with van der Waals surface area (Å²) in [5.74, 6) is -0.746. The third-order valence-corrected chi connectivity index (χ3v) is 5.26. The Labute approximate surface area is 149 Å². The van der Waals surface area contributed by atoms with Crippen molar-refractivity contribution in [2.45, 2.75) is 63.4 Å². The van der Waals surface area contributed by atoms with Gasteiger partial charge in [0.15, 0.2) is 0 Å². The van der Waals surface area contributed by atoms with Gasteiger partial charge in [-0.15, -0.1) is 0 Å². The molecule has 0 radical (unpaired) electrons. The lowest BCUT2D eigenvalue weighted by Crippen LogP contribution is -2.49. The van der Waals surface area contributed by atoms with Gasteiger partial charge in [-0.25, -0.2) is 4.79 Å². The van der Waals surface area contributed by atoms with Crippen LogP contribution in [0.5, 0.6) is 0 Å². The summed E-state index contributed by atoms with van der Waals surface area (Å²) in [6.07, 6.45) is 2.56. The Balaban J connectivity index is 1.86. The fraction of sp³-hybridized carbons (Fsp3) is 0.600. The monoisotopic (exact) mass is 345 g/mol. The standard InChI is InChI=1S/C20H27NO4/c1-19(2,3)25-18(24)21-10-6-9-20(13-21)12-14(11-17(22)23)15-7-4-5-8-16(15)20/h4-5,7-8,14H,6,9-13H2,1-3H3,(H,22,23)/t14-,20+/m0/s1. The molecule has 0 bridgehead atoms. The first-order valence-corrected chi connectivity index (χ1v) is 8.99. The van der Waals surface area contributed by atoms with Crippen molar-refractivity contribution in [3.05, 3.63) is 35.4 Å². The zero-order valence-corrected chi connectivity index (χ0v) is 15.2. The van der Waals surface area contributed by atoms with Crippen LogP contribution in [0, 0.1) is 0 Å². The molecule has 0 unspecified atom stereocenters. The Morgan fingerprint density at radius 1 is 1.32 bits per heavy atom. The molecule has 1 aliphatic heterocycles. The average molecular weight is 345 g/mol. The Morgan fingerprint density at radius 2 is 2.04 bits per heavy atom. The van der Waals surface area contributed by atoms with Crippen molar-refractivity contribution in [2.24, 2.45) is 0 Å². The number of likely N-dealkylation sites (tertiary alicyclic amines) is 1. The second-order valence-electron chi connectivity index (χ2n) is 8.37. The van der Waals surface area contributed by atoms with E-state index < -0.39 is 11.6 Å². The molecular weight excluding hydrogens is 318 g/mol. The fourth-order valence-electron chi connectivity index (χ4n) is 4.42. The molecule has 136 valence electrons. The van der Waals surface area contributed by atoms with Crippen molar-refractivity contribution in [3.63, 3.8) is 0 Å². The van der Waals surface area contributed by atoms with Gasteiger partial charge < -0.3 is 14.7 Å². The molecular formula is C20H27NO4. The molecule has 1 heterocycles. The Kier molecular flexibility index (Phi) is 4.52. The first-order valence-electron chi connectivity index (χ1n) is 8.99. The summed E-state index contributed by atoms with van der Waals surface area (Å²) in [7, 11) is 0. The van der Waals surface area contributed by atoms with E-state index in [-0.39, 0.29) is 23.8 Å². The lowest BCUT2D eigenvalue weighted by molar-refractivity contribution is -0.137. The highest BCUT2D eigenvalue weighted by molar-refractivity contribution is 5.70. The summed E-state index contributed by atoms with van der Waals surface area (Å²) >= 11 is 0. The van der Waals surface area contributed by atoms with Gasteiger partial charge in [-0.2, -0.15) is 0 Å². The van der Waals surface area contributed by atoms with Gasteiger partial charge in [0.2, 0.25) is 0 Å². The van der Waals surface area contributed by atoms with Gasteiger partial charge in [0.05, 0.1) is 6.42 Å². The van der Waals surface area contributed by atoms with Crippen molar-refractivity contribution in [3.8, 4) is 0 Å². The van der Waals surface area contributed by atoms with Gasteiger partial charge >= 0.3 is 12.1 Å². The predicted octanol–water partition coefficient (Wildman–Crippen LogP) is 3.92. The number of ether oxygens (including phenoxy) is 1. The average Bonchev–Trinajstić information content (AvgIpc) is 2.79. The normalized spacial score (nSPS) is 25.7. The van der Waals surface area contributed by atoms with E-state index in [4.69, 9.17) is 4.74 Å². The summed E-state index contributed by atoms with van der Waals surface area (Å²) < 4.78 is 5.55. The lowest BCUT2D eigenvalue weighted by atomic mass is 9.74. The molecule has 1 aromatic carbocycles. The van der Waals surface area contributed by atoms with Gasteiger partial charge in [0.25, 0.3) is 0 Å². The van der Waals surface area contributed by atoms with Crippen LogP contribution in [-0.4, -0.2) is 40.8 Å². The highest BCUT2D eigenvalue weighted by Gasteiger charge is 2.47. The first-order chi connectivity index (χ1) is 11.7. The van der Waals surface area contributed by atoms with E-state index in [0.717, 1.165) is 24.8 Å². The van der Waals surface area contributed by atoms with E-state index in [9.17, 15) is 14.7 Å². The van der Waals surface area contributed by atoms with E-state index in [1.165, 1.54) is 5.56 Å². The molecule has 0 aromatic heterocycles. The maximum absolute atomic E-state index is 12.5. The zero-order chi connectivity index (χ0) is 18.2. The minimum atomic E-state index is -0.767. The maximum atomic E-state index is 12.5. The van der Waals surface area contributed by atoms with E-state index in [1.54, 1.807) is 4.90 Å². The van der Waals surface area contributed by atoms with E-state index in [2.05, 4.69) is 6.07 Å². The van der Waals surface area contributed by atoms with Crippen molar-refractivity contribution in [1.29, 1.82) is 0 Å². The number of nitrogens with zero attached hydrogens (tertiary/aromatic N) is 1. The van der Waals surface area contributed by atoms with Gasteiger partial charge in [0, 0.05) is 18.5 Å². The number of aliphatic carboxylic acids is 1. The number of amides is 1. The topological polar surface area (TPSA) is 66.8 Å². The van der Waals surface area contributed by atoms with Crippen LogP contribution in [0.25, 0.3) is 0 Å². The number of hydrogen-bond donors (Lipinski definition) is 1. The van der Waals surface area contributed by atoms with E-state index in [0.29, 0.717) is 13.1 Å². The van der Waals surface area contributed by atoms with Crippen LogP contribution in [0.15, 0.2) is 24.3 Å². The van der Waals surface area contributed by atoms with Crippen molar-refractivity contribution in [2.75, 3.05) is 13.1 Å². The molecule has 0 saturated carbocycles. The van der Waals surface area contributed by atoms with Crippen LogP contribution in [0.2, 0.25) is 0 Å². The predicted molar refractivity (Wildman–Crippen MR) is 94.8 cm³/mol. The molecule has 2 atom stereocenters. The summed E-state index contributed by atoms with van der Waals surface area (Å²) in [5.41, 5.74) is 1.69. The van der Waals surface area contributed by atoms with Crippen molar-refractivity contribution in [1.82, 2.24) is 4.90 Å². The molecule has 1 aromatic rings. The highest BCUT2D eigenvalue weighted by Crippen LogP contribution is 2.51. The smallest absolute Gasteiger partial charge is 0.410 e. The lowest BCUT2D eigenvalue weighted by Gasteiger charge is -2.41. The summed E-state index contributed by atoms with van der Waals surface area (Å²) in [5, 5.41) is 9.27. The maximum Gasteiger partial charge on any atom is 0.410 e. The molecule has 1 fully saturated rings. The number of carboxylic acid groups (broad SMARTS) is 1. The number of hydrogen-bond acceptors (Lipinski definition) is 3. The van der Waals surface area contributed by atoms with Crippen LogP contribution in [0.1, 0.15) is 63.5 Å². The molecule has 2 aliphatic rings. The number of piperidine rings is 1. The number of benzene rings is 1. The first kappa shape index (κ1) is 17.8. The Bertz CT molecular complexity index is 679. The summed E-state index contributed by atoms with van der Waals surface area (Å²) in [6.45, 7) is 6.92. The second-order valence-corrected chi connectivity index (χ2v) is 8.37. The quantitative estimate of drug-likeness (QED) is 0.882. The van der Waals surface area contributed by atoms with E-state index >= 15 is 0 Å². The number of carbonyl (C=O) groups is 2. The van der Waals surface area contributed by atoms with Gasteiger partial charge in [0.1, 0.15) is 5.60 Å². The largest absolute Gasteiger partial charge is 0.481 e. The molecule has 5 nitrogen and oxygen atoms in total. The SMILES string of the molecule is CC(C)(C)OC(=O)N1CCC[C@@]2(C[C@H](CC(=O)O)c3ccccc32)C1. The second kappa shape index (κ2) is 6.36. The van der Waals surface area contributed by atoms with E-state index in [1.807, 2.05) is 39.0 Å². The zero-order valence-electron chi connectivity index (χ0n) is 15.2. The summed E-state index contributed by atoms with van der Waals surface area (Å²) in [6, 6.07) is 8.14. The number of rotatable bonds is 2. The van der Waals surface area contributed by atoms with Crippen LogP contribution in [-0.2, 0) is 14.9 Å². The third kappa shape index (κ3) is 3.65. The van der Waals surface area contributed by atoms with Gasteiger partial charge in [-0.05, 0) is 57.1 Å². The highest BCUT2D eigenvalue weighted by atomic mass is 16.6. The number of fused-ring (bicyclic) bond motifs is 2. The third-order valence-electron chi connectivity index (χ3n) is 5.26. The molecule has 1 N–H and O–H groups in total.